The summed E-state index contributed by atoms with van der Waals surface area (Å²) in [6.45, 7) is 0. The van der Waals surface area contributed by atoms with Crippen LogP contribution in [0.25, 0.3) is 0 Å². The Labute approximate surface area is 197 Å². The van der Waals surface area contributed by atoms with Gasteiger partial charge in [-0.3, -0.25) is 10.1 Å². The molecule has 34 heavy (non-hydrogen) atoms. The highest BCUT2D eigenvalue weighted by Crippen LogP contribution is 2.48. The number of nitro groups is 1. The predicted molar refractivity (Wildman–Crippen MR) is 126 cm³/mol. The second-order valence-electron chi connectivity index (χ2n) is 7.18. The smallest absolute Gasteiger partial charge is 0.269 e. The summed E-state index contributed by atoms with van der Waals surface area (Å²) in [7, 11) is 9.30. The van der Waals surface area contributed by atoms with Crippen molar-refractivity contribution in [2.75, 3.05) is 42.7 Å². The Bertz CT molecular complexity index is 1100. The number of non-ortho nitro benzene ring substituents is 1. The van der Waals surface area contributed by atoms with Crippen LogP contribution < -0.4 is 28.4 Å². The number of nitrogens with zero attached hydrogens (tertiary/aromatic N) is 1. The summed E-state index contributed by atoms with van der Waals surface area (Å²) in [5, 5.41) is 11.2. The molecule has 0 aliphatic heterocycles. The first kappa shape index (κ1) is 24.5. The quantitative estimate of drug-likeness (QED) is 0.237. The number of rotatable bonds is 10. The van der Waals surface area contributed by atoms with E-state index in [2.05, 4.69) is 0 Å². The molecule has 0 atom stereocenters. The highest BCUT2D eigenvalue weighted by Gasteiger charge is 2.28. The van der Waals surface area contributed by atoms with Crippen LogP contribution in [0, 0.1) is 10.1 Å². The minimum atomic E-state index is -0.467. The summed E-state index contributed by atoms with van der Waals surface area (Å²) in [5.74, 6) is 2.63. The van der Waals surface area contributed by atoms with Crippen LogP contribution in [0.4, 0.5) is 5.69 Å². The third kappa shape index (κ3) is 4.63. The predicted octanol–water partition coefficient (Wildman–Crippen LogP) is 4.83. The van der Waals surface area contributed by atoms with Crippen LogP contribution in [0.3, 0.4) is 0 Å². The molecule has 3 rings (SSSR count). The van der Waals surface area contributed by atoms with Gasteiger partial charge in [-0.2, -0.15) is 0 Å². The van der Waals surface area contributed by atoms with Crippen LogP contribution in [-0.2, 0) is 0 Å². The maximum Gasteiger partial charge on any atom is 0.269 e. The van der Waals surface area contributed by atoms with E-state index in [4.69, 9.17) is 28.4 Å². The Balaban J connectivity index is 2.37. The lowest BCUT2D eigenvalue weighted by atomic mass is 9.83. The van der Waals surface area contributed by atoms with Crippen molar-refractivity contribution < 1.29 is 33.3 Å². The van der Waals surface area contributed by atoms with E-state index in [9.17, 15) is 10.1 Å². The Hall–Kier alpha value is -4.14. The third-order valence-electron chi connectivity index (χ3n) is 5.53. The van der Waals surface area contributed by atoms with Crippen molar-refractivity contribution in [3.05, 3.63) is 75.3 Å². The van der Waals surface area contributed by atoms with Crippen molar-refractivity contribution in [3.8, 4) is 34.5 Å². The van der Waals surface area contributed by atoms with Gasteiger partial charge in [0, 0.05) is 41.3 Å². The minimum Gasteiger partial charge on any atom is -0.496 e. The average molecular weight is 469 g/mol. The summed E-state index contributed by atoms with van der Waals surface area (Å²) >= 11 is 0. The fraction of sp³-hybridized carbons (Fsp3) is 0.280. The van der Waals surface area contributed by atoms with Gasteiger partial charge in [0.15, 0.2) is 23.0 Å². The van der Waals surface area contributed by atoms with Crippen molar-refractivity contribution in [1.82, 2.24) is 0 Å². The van der Waals surface area contributed by atoms with Gasteiger partial charge in [0.1, 0.15) is 11.5 Å². The van der Waals surface area contributed by atoms with Crippen LogP contribution in [-0.4, -0.2) is 47.6 Å². The first-order chi connectivity index (χ1) is 16.4. The van der Waals surface area contributed by atoms with Gasteiger partial charge in [0.25, 0.3) is 5.69 Å². The first-order valence-corrected chi connectivity index (χ1v) is 10.3. The molecule has 0 spiro atoms. The maximum absolute atomic E-state index is 11.2. The van der Waals surface area contributed by atoms with E-state index in [-0.39, 0.29) is 5.69 Å². The number of hydrogen-bond acceptors (Lipinski definition) is 8. The van der Waals surface area contributed by atoms with Gasteiger partial charge in [0.05, 0.1) is 47.6 Å². The summed E-state index contributed by atoms with van der Waals surface area (Å²) in [5.41, 5.74) is 2.22. The van der Waals surface area contributed by atoms with E-state index in [1.165, 1.54) is 12.1 Å². The normalized spacial score (nSPS) is 10.6. The highest BCUT2D eigenvalue weighted by molar-refractivity contribution is 5.62. The zero-order chi connectivity index (χ0) is 24.8. The van der Waals surface area contributed by atoms with Crippen molar-refractivity contribution in [2.45, 2.75) is 5.92 Å². The summed E-state index contributed by atoms with van der Waals surface area (Å²) in [4.78, 5) is 10.8. The number of methoxy groups -OCH3 is 6. The lowest BCUT2D eigenvalue weighted by Gasteiger charge is -2.25. The number of benzene rings is 3. The van der Waals surface area contributed by atoms with Crippen LogP contribution >= 0.6 is 0 Å². The molecule has 0 aliphatic carbocycles. The van der Waals surface area contributed by atoms with Crippen molar-refractivity contribution in [1.29, 1.82) is 0 Å². The lowest BCUT2D eigenvalue weighted by molar-refractivity contribution is -0.384. The number of hydrogen-bond donors (Lipinski definition) is 0. The van der Waals surface area contributed by atoms with Gasteiger partial charge in [-0.15, -0.1) is 0 Å². The van der Waals surface area contributed by atoms with E-state index in [1.807, 2.05) is 12.1 Å². The maximum atomic E-state index is 11.2. The van der Waals surface area contributed by atoms with Crippen LogP contribution in [0.15, 0.2) is 48.5 Å². The van der Waals surface area contributed by atoms with Gasteiger partial charge in [-0.05, 0) is 17.7 Å². The summed E-state index contributed by atoms with van der Waals surface area (Å²) in [6.07, 6.45) is 0. The molecular weight excluding hydrogens is 442 g/mol. The van der Waals surface area contributed by atoms with E-state index in [0.29, 0.717) is 34.5 Å². The first-order valence-electron chi connectivity index (χ1n) is 10.3. The molecular formula is C25H27NO8. The second-order valence-corrected chi connectivity index (χ2v) is 7.18. The van der Waals surface area contributed by atoms with Gasteiger partial charge >= 0.3 is 0 Å². The molecule has 0 heterocycles. The molecule has 0 saturated carbocycles. The van der Waals surface area contributed by atoms with Crippen LogP contribution in [0.1, 0.15) is 22.6 Å². The molecule has 0 N–H and O–H groups in total. The molecule has 0 aliphatic rings. The largest absolute Gasteiger partial charge is 0.496 e. The zero-order valence-corrected chi connectivity index (χ0v) is 19.9. The standard InChI is InChI=1S/C25H27NO8/c1-29-19-13-23(33-5)21(31-3)11-17(19)25(15-7-9-16(10-8-15)26(27)28)18-12-22(32-4)24(34-6)14-20(18)30-2/h7-14,25H,1-6H3. The van der Waals surface area contributed by atoms with Gasteiger partial charge in [0.2, 0.25) is 0 Å². The SMILES string of the molecule is COc1cc(OC)c(C(c2ccc([N+](=O)[O-])cc2)c2cc(OC)c(OC)cc2OC)cc1OC. The summed E-state index contributed by atoms with van der Waals surface area (Å²) < 4.78 is 33.4. The molecule has 180 valence electrons. The van der Waals surface area contributed by atoms with E-state index in [0.717, 1.165) is 16.7 Å². The molecule has 0 unspecified atom stereocenters. The molecule has 3 aromatic carbocycles. The Morgan fingerprint density at radius 3 is 1.26 bits per heavy atom. The zero-order valence-electron chi connectivity index (χ0n) is 19.9. The molecule has 0 bridgehead atoms. The van der Waals surface area contributed by atoms with Crippen LogP contribution in [0.5, 0.6) is 34.5 Å². The Morgan fingerprint density at radius 2 is 0.941 bits per heavy atom. The fourth-order valence-electron chi connectivity index (χ4n) is 3.87. The van der Waals surface area contributed by atoms with Crippen molar-refractivity contribution >= 4 is 5.69 Å². The topological polar surface area (TPSA) is 98.5 Å². The van der Waals surface area contributed by atoms with E-state index in [1.54, 1.807) is 66.9 Å². The fourth-order valence-corrected chi connectivity index (χ4v) is 3.87. The van der Waals surface area contributed by atoms with Crippen molar-refractivity contribution in [3.63, 3.8) is 0 Å². The minimum absolute atomic E-state index is 0.0129. The van der Waals surface area contributed by atoms with Crippen LogP contribution in [0.2, 0.25) is 0 Å². The molecule has 9 heteroatoms. The summed E-state index contributed by atoms with van der Waals surface area (Å²) in [6, 6.07) is 13.4. The molecule has 0 aromatic heterocycles. The Morgan fingerprint density at radius 1 is 0.588 bits per heavy atom. The molecule has 3 aromatic rings. The number of nitro benzene ring substituents is 1. The third-order valence-corrected chi connectivity index (χ3v) is 5.53. The average Bonchev–Trinajstić information content (AvgIpc) is 2.88. The number of ether oxygens (including phenoxy) is 6. The molecule has 0 fully saturated rings. The molecule has 9 nitrogen and oxygen atoms in total. The molecule has 0 amide bonds. The second kappa shape index (κ2) is 10.7. The Kier molecular flexibility index (Phi) is 7.68. The van der Waals surface area contributed by atoms with Gasteiger partial charge < -0.3 is 28.4 Å². The lowest BCUT2D eigenvalue weighted by Crippen LogP contribution is -2.09. The van der Waals surface area contributed by atoms with E-state index >= 15 is 0 Å². The van der Waals surface area contributed by atoms with E-state index < -0.39 is 10.8 Å². The van der Waals surface area contributed by atoms with Gasteiger partial charge in [-0.1, -0.05) is 12.1 Å². The highest BCUT2D eigenvalue weighted by atomic mass is 16.6. The monoisotopic (exact) mass is 469 g/mol. The molecule has 0 saturated heterocycles. The molecule has 0 radical (unpaired) electrons. The van der Waals surface area contributed by atoms with Crippen molar-refractivity contribution in [2.24, 2.45) is 0 Å². The van der Waals surface area contributed by atoms with Gasteiger partial charge in [-0.25, -0.2) is 0 Å².